The van der Waals surface area contributed by atoms with E-state index in [1.807, 2.05) is 24.3 Å². The Balaban J connectivity index is 1.47. The van der Waals surface area contributed by atoms with Gasteiger partial charge in [-0.15, -0.1) is 0 Å². The number of rotatable bonds is 6. The first-order valence-corrected chi connectivity index (χ1v) is 10.8. The van der Waals surface area contributed by atoms with Crippen LogP contribution < -0.4 is 4.74 Å². The van der Waals surface area contributed by atoms with Gasteiger partial charge in [0.1, 0.15) is 11.9 Å². The van der Waals surface area contributed by atoms with Crippen molar-refractivity contribution in [2.45, 2.75) is 31.8 Å². The van der Waals surface area contributed by atoms with Crippen molar-refractivity contribution in [1.82, 2.24) is 4.90 Å². The molecule has 1 aliphatic heterocycles. The predicted molar refractivity (Wildman–Crippen MR) is 121 cm³/mol. The van der Waals surface area contributed by atoms with Crippen molar-refractivity contribution in [2.75, 3.05) is 19.6 Å². The Morgan fingerprint density at radius 3 is 2.55 bits per heavy atom. The zero-order valence-electron chi connectivity index (χ0n) is 16.9. The van der Waals surface area contributed by atoms with E-state index in [1.165, 1.54) is 16.7 Å². The van der Waals surface area contributed by atoms with Gasteiger partial charge in [0.05, 0.1) is 5.02 Å². The molecule has 3 aromatic rings. The highest BCUT2D eigenvalue weighted by molar-refractivity contribution is 6.32. The Hall–Kier alpha value is -2.29. The second-order valence-corrected chi connectivity index (χ2v) is 8.34. The number of para-hydroxylation sites is 1. The maximum absolute atomic E-state index is 6.42. The number of likely N-dealkylation sites (tertiary alicyclic amines) is 1. The van der Waals surface area contributed by atoms with Gasteiger partial charge in [0.25, 0.3) is 0 Å². The molecule has 4 rings (SSSR count). The minimum atomic E-state index is 0.132. The summed E-state index contributed by atoms with van der Waals surface area (Å²) in [6, 6.07) is 27.4. The van der Waals surface area contributed by atoms with E-state index in [9.17, 15) is 0 Å². The Labute approximate surface area is 179 Å². The zero-order valence-corrected chi connectivity index (χ0v) is 17.7. The van der Waals surface area contributed by atoms with Crippen LogP contribution in [0.3, 0.4) is 0 Å². The normalized spacial score (nSPS) is 19.8. The molecule has 3 heteroatoms. The Bertz CT molecular complexity index is 927. The maximum Gasteiger partial charge on any atom is 0.138 e. The molecule has 29 heavy (non-hydrogen) atoms. The van der Waals surface area contributed by atoms with Crippen LogP contribution in [0, 0.1) is 6.92 Å². The van der Waals surface area contributed by atoms with Gasteiger partial charge in [0, 0.05) is 25.6 Å². The summed E-state index contributed by atoms with van der Waals surface area (Å²) in [5.74, 6) is 1.12. The third-order valence-electron chi connectivity index (χ3n) is 5.78. The number of ether oxygens (including phenoxy) is 1. The highest BCUT2D eigenvalue weighted by atomic mass is 35.5. The van der Waals surface area contributed by atoms with Crippen LogP contribution >= 0.6 is 11.6 Å². The lowest BCUT2D eigenvalue weighted by atomic mass is 9.87. The van der Waals surface area contributed by atoms with E-state index in [4.69, 9.17) is 16.3 Å². The molecule has 2 unspecified atom stereocenters. The Kier molecular flexibility index (Phi) is 6.53. The minimum absolute atomic E-state index is 0.132. The van der Waals surface area contributed by atoms with Gasteiger partial charge >= 0.3 is 0 Å². The lowest BCUT2D eigenvalue weighted by molar-refractivity contribution is 0.0784. The fourth-order valence-corrected chi connectivity index (χ4v) is 4.40. The molecular formula is C26H28ClNO. The monoisotopic (exact) mass is 405 g/mol. The van der Waals surface area contributed by atoms with Crippen LogP contribution in [0.2, 0.25) is 5.02 Å². The first-order valence-electron chi connectivity index (χ1n) is 10.4. The number of halogens is 1. The standard InChI is InChI=1S/C26H28ClNO/c1-20-8-7-9-21(18-20)14-16-28-17-15-25(29-26-13-6-5-12-24(26)27)23(19-28)22-10-3-2-4-11-22/h2-13,18,23,25H,14-17,19H2,1H3. The molecule has 1 heterocycles. The number of aryl methyl sites for hydroxylation is 1. The molecule has 1 saturated heterocycles. The molecular weight excluding hydrogens is 378 g/mol. The van der Waals surface area contributed by atoms with E-state index in [2.05, 4.69) is 66.4 Å². The van der Waals surface area contributed by atoms with Crippen molar-refractivity contribution in [3.8, 4) is 5.75 Å². The van der Waals surface area contributed by atoms with Gasteiger partial charge in [0.2, 0.25) is 0 Å². The van der Waals surface area contributed by atoms with Crippen molar-refractivity contribution >= 4 is 11.6 Å². The SMILES string of the molecule is Cc1cccc(CCN2CCC(Oc3ccccc3Cl)C(c3ccccc3)C2)c1. The third-order valence-corrected chi connectivity index (χ3v) is 6.09. The van der Waals surface area contributed by atoms with Gasteiger partial charge in [0.15, 0.2) is 0 Å². The summed E-state index contributed by atoms with van der Waals surface area (Å²) in [5, 5.41) is 0.682. The number of benzene rings is 3. The van der Waals surface area contributed by atoms with Crippen LogP contribution in [-0.4, -0.2) is 30.6 Å². The minimum Gasteiger partial charge on any atom is -0.488 e. The molecule has 0 bridgehead atoms. The van der Waals surface area contributed by atoms with Crippen LogP contribution in [0.4, 0.5) is 0 Å². The van der Waals surface area contributed by atoms with Crippen molar-refractivity contribution in [1.29, 1.82) is 0 Å². The molecule has 0 aromatic heterocycles. The van der Waals surface area contributed by atoms with Gasteiger partial charge in [-0.2, -0.15) is 0 Å². The molecule has 1 aliphatic rings. The van der Waals surface area contributed by atoms with Crippen molar-refractivity contribution in [3.63, 3.8) is 0 Å². The van der Waals surface area contributed by atoms with Gasteiger partial charge in [-0.05, 0) is 43.0 Å². The highest BCUT2D eigenvalue weighted by Gasteiger charge is 2.32. The molecule has 0 N–H and O–H groups in total. The summed E-state index contributed by atoms with van der Waals surface area (Å²) in [6.07, 6.45) is 2.21. The van der Waals surface area contributed by atoms with Crippen LogP contribution in [0.15, 0.2) is 78.9 Å². The van der Waals surface area contributed by atoms with Gasteiger partial charge in [-0.1, -0.05) is 83.9 Å². The van der Waals surface area contributed by atoms with Gasteiger partial charge in [-0.3, -0.25) is 0 Å². The van der Waals surface area contributed by atoms with Crippen LogP contribution in [0.1, 0.15) is 29.0 Å². The largest absolute Gasteiger partial charge is 0.488 e. The summed E-state index contributed by atoms with van der Waals surface area (Å²) in [7, 11) is 0. The average molecular weight is 406 g/mol. The van der Waals surface area contributed by atoms with Crippen molar-refractivity contribution in [3.05, 3.63) is 101 Å². The smallest absolute Gasteiger partial charge is 0.138 e. The summed E-state index contributed by atoms with van der Waals surface area (Å²) >= 11 is 6.36. The van der Waals surface area contributed by atoms with Crippen LogP contribution in [0.25, 0.3) is 0 Å². The maximum atomic E-state index is 6.42. The number of nitrogens with zero attached hydrogens (tertiary/aromatic N) is 1. The molecule has 3 aromatic carbocycles. The zero-order chi connectivity index (χ0) is 20.1. The Morgan fingerprint density at radius 2 is 1.76 bits per heavy atom. The molecule has 2 atom stereocenters. The van der Waals surface area contributed by atoms with Gasteiger partial charge < -0.3 is 9.64 Å². The second kappa shape index (κ2) is 9.47. The van der Waals surface area contributed by atoms with E-state index in [0.717, 1.165) is 38.2 Å². The summed E-state index contributed by atoms with van der Waals surface area (Å²) < 4.78 is 6.42. The third kappa shape index (κ3) is 5.20. The number of hydrogen-bond acceptors (Lipinski definition) is 2. The molecule has 0 saturated carbocycles. The van der Waals surface area contributed by atoms with Crippen LogP contribution in [0.5, 0.6) is 5.75 Å². The molecule has 0 spiro atoms. The lowest BCUT2D eigenvalue weighted by Gasteiger charge is -2.39. The number of piperidine rings is 1. The van der Waals surface area contributed by atoms with Crippen LogP contribution in [-0.2, 0) is 6.42 Å². The quantitative estimate of drug-likeness (QED) is 0.489. The first-order chi connectivity index (χ1) is 14.2. The molecule has 0 radical (unpaired) electrons. The average Bonchev–Trinajstić information content (AvgIpc) is 2.75. The van der Waals surface area contributed by atoms with E-state index in [1.54, 1.807) is 0 Å². The van der Waals surface area contributed by atoms with Crippen molar-refractivity contribution in [2.24, 2.45) is 0 Å². The highest BCUT2D eigenvalue weighted by Crippen LogP contribution is 2.33. The lowest BCUT2D eigenvalue weighted by Crippen LogP contribution is -2.44. The molecule has 0 amide bonds. The summed E-state index contributed by atoms with van der Waals surface area (Å²) in [6.45, 7) is 5.29. The van der Waals surface area contributed by atoms with E-state index >= 15 is 0 Å². The summed E-state index contributed by atoms with van der Waals surface area (Å²) in [4.78, 5) is 2.58. The molecule has 1 fully saturated rings. The molecule has 150 valence electrons. The molecule has 0 aliphatic carbocycles. The Morgan fingerprint density at radius 1 is 0.966 bits per heavy atom. The van der Waals surface area contributed by atoms with E-state index in [0.29, 0.717) is 10.9 Å². The van der Waals surface area contributed by atoms with E-state index < -0.39 is 0 Å². The number of hydrogen-bond donors (Lipinski definition) is 0. The summed E-state index contributed by atoms with van der Waals surface area (Å²) in [5.41, 5.74) is 4.08. The molecule has 2 nitrogen and oxygen atoms in total. The van der Waals surface area contributed by atoms with E-state index in [-0.39, 0.29) is 6.10 Å². The second-order valence-electron chi connectivity index (χ2n) is 7.93. The predicted octanol–water partition coefficient (Wildman–Crippen LogP) is 6.13. The fraction of sp³-hybridized carbons (Fsp3) is 0.308. The fourth-order valence-electron chi connectivity index (χ4n) is 4.22. The topological polar surface area (TPSA) is 12.5 Å². The first kappa shape index (κ1) is 20.0. The van der Waals surface area contributed by atoms with Gasteiger partial charge in [-0.25, -0.2) is 0 Å². The van der Waals surface area contributed by atoms with Crippen molar-refractivity contribution < 1.29 is 4.74 Å².